The van der Waals surface area contributed by atoms with Gasteiger partial charge in [0.2, 0.25) is 11.8 Å². The average Bonchev–Trinajstić information content (AvgIpc) is 3.31. The number of aromatic nitrogens is 2. The summed E-state index contributed by atoms with van der Waals surface area (Å²) in [4.78, 5) is 4.78. The number of aryl methyl sites for hydroxylation is 1. The highest BCUT2D eigenvalue weighted by atomic mass is 35.5. The Bertz CT molecular complexity index is 690. The fourth-order valence-corrected chi connectivity index (χ4v) is 3.25. The van der Waals surface area contributed by atoms with Crippen molar-refractivity contribution in [2.24, 2.45) is 0 Å². The molecule has 1 saturated heterocycles. The topological polar surface area (TPSA) is 45.4 Å². The molecule has 1 aromatic heterocycles. The molecule has 0 radical (unpaired) electrons. The number of anilines is 1. The lowest BCUT2D eigenvalue weighted by molar-refractivity contribution is 0.224. The van der Waals surface area contributed by atoms with Crippen molar-refractivity contribution in [1.82, 2.24) is 15.1 Å². The van der Waals surface area contributed by atoms with Crippen molar-refractivity contribution in [1.29, 1.82) is 0 Å². The van der Waals surface area contributed by atoms with E-state index in [1.54, 1.807) is 0 Å². The summed E-state index contributed by atoms with van der Waals surface area (Å²) in [6.45, 7) is 6.85. The summed E-state index contributed by atoms with van der Waals surface area (Å²) in [6.07, 6.45) is 2.39. The van der Waals surface area contributed by atoms with Crippen molar-refractivity contribution in [2.75, 3.05) is 31.1 Å². The molecule has 2 aliphatic rings. The third-order valence-corrected chi connectivity index (χ3v) is 4.89. The second kappa shape index (κ2) is 6.13. The Hall–Kier alpha value is -1.59. The summed E-state index contributed by atoms with van der Waals surface area (Å²) in [5.41, 5.74) is 2.51. The molecule has 0 N–H and O–H groups in total. The predicted octanol–water partition coefficient (Wildman–Crippen LogP) is 3.23. The van der Waals surface area contributed by atoms with E-state index in [1.807, 2.05) is 6.07 Å². The summed E-state index contributed by atoms with van der Waals surface area (Å²) in [5, 5.41) is 9.14. The number of benzene rings is 1. The van der Waals surface area contributed by atoms with Crippen LogP contribution in [0.4, 0.5) is 5.69 Å². The summed E-state index contributed by atoms with van der Waals surface area (Å²) in [7, 11) is 0. The van der Waals surface area contributed by atoms with Gasteiger partial charge in [0.1, 0.15) is 0 Å². The van der Waals surface area contributed by atoms with Crippen LogP contribution in [0.1, 0.15) is 36.1 Å². The maximum absolute atomic E-state index is 6.14. The van der Waals surface area contributed by atoms with Gasteiger partial charge in [0.15, 0.2) is 0 Å². The molecule has 122 valence electrons. The zero-order chi connectivity index (χ0) is 15.8. The summed E-state index contributed by atoms with van der Waals surface area (Å²) >= 11 is 6.14. The zero-order valence-electron chi connectivity index (χ0n) is 13.3. The van der Waals surface area contributed by atoms with E-state index in [2.05, 4.69) is 39.1 Å². The molecule has 4 rings (SSSR count). The van der Waals surface area contributed by atoms with E-state index in [4.69, 9.17) is 16.0 Å². The van der Waals surface area contributed by atoms with E-state index in [1.165, 1.54) is 24.1 Å². The highest BCUT2D eigenvalue weighted by Gasteiger charge is 2.29. The molecule has 1 saturated carbocycles. The van der Waals surface area contributed by atoms with Crippen molar-refractivity contribution in [2.45, 2.75) is 32.2 Å². The van der Waals surface area contributed by atoms with Crippen LogP contribution in [0.2, 0.25) is 5.02 Å². The van der Waals surface area contributed by atoms with Gasteiger partial charge in [-0.25, -0.2) is 0 Å². The number of nitrogens with zero attached hydrogens (tertiary/aromatic N) is 4. The number of hydrogen-bond donors (Lipinski definition) is 0. The zero-order valence-corrected chi connectivity index (χ0v) is 14.1. The first-order valence-electron chi connectivity index (χ1n) is 8.25. The van der Waals surface area contributed by atoms with Crippen LogP contribution in [-0.2, 0) is 6.54 Å². The normalized spacial score (nSPS) is 19.3. The van der Waals surface area contributed by atoms with Gasteiger partial charge in [0.05, 0.1) is 6.54 Å². The van der Waals surface area contributed by atoms with E-state index in [9.17, 15) is 0 Å². The molecule has 0 bridgehead atoms. The van der Waals surface area contributed by atoms with Gasteiger partial charge in [-0.3, -0.25) is 4.90 Å². The van der Waals surface area contributed by atoms with E-state index >= 15 is 0 Å². The highest BCUT2D eigenvalue weighted by Crippen LogP contribution is 2.39. The second-order valence-electron chi connectivity index (χ2n) is 6.50. The van der Waals surface area contributed by atoms with Crippen LogP contribution in [0.3, 0.4) is 0 Å². The van der Waals surface area contributed by atoms with E-state index < -0.39 is 0 Å². The van der Waals surface area contributed by atoms with Gasteiger partial charge in [0.25, 0.3) is 0 Å². The molecule has 0 amide bonds. The number of halogens is 1. The third kappa shape index (κ3) is 3.35. The number of hydrogen-bond acceptors (Lipinski definition) is 5. The van der Waals surface area contributed by atoms with Gasteiger partial charge >= 0.3 is 0 Å². The highest BCUT2D eigenvalue weighted by molar-refractivity contribution is 6.30. The monoisotopic (exact) mass is 332 g/mol. The molecule has 1 aliphatic heterocycles. The molecule has 2 fully saturated rings. The van der Waals surface area contributed by atoms with Crippen molar-refractivity contribution in [3.8, 4) is 0 Å². The molecule has 1 aliphatic carbocycles. The van der Waals surface area contributed by atoms with E-state index in [0.29, 0.717) is 5.92 Å². The van der Waals surface area contributed by atoms with E-state index in [0.717, 1.165) is 49.5 Å². The molecule has 2 aromatic rings. The Balaban J connectivity index is 1.35. The lowest BCUT2D eigenvalue weighted by Crippen LogP contribution is -2.46. The van der Waals surface area contributed by atoms with Crippen LogP contribution >= 0.6 is 11.6 Å². The van der Waals surface area contributed by atoms with Crippen molar-refractivity contribution < 1.29 is 4.42 Å². The standard InChI is InChI=1S/C17H21ClN4O/c1-12-2-5-14(18)10-15(12)22-8-6-21(7-9-22)11-16-19-20-17(23-16)13-3-4-13/h2,5,10,13H,3-4,6-9,11H2,1H3. The molecular weight excluding hydrogens is 312 g/mol. The molecule has 23 heavy (non-hydrogen) atoms. The SMILES string of the molecule is Cc1ccc(Cl)cc1N1CCN(Cc2nnc(C3CC3)o2)CC1. The maximum Gasteiger partial charge on any atom is 0.230 e. The molecule has 2 heterocycles. The quantitative estimate of drug-likeness (QED) is 0.860. The molecule has 5 nitrogen and oxygen atoms in total. The van der Waals surface area contributed by atoms with Crippen molar-refractivity contribution >= 4 is 17.3 Å². The first kappa shape index (κ1) is 15.0. The second-order valence-corrected chi connectivity index (χ2v) is 6.94. The van der Waals surface area contributed by atoms with Gasteiger partial charge in [-0.05, 0) is 37.5 Å². The van der Waals surface area contributed by atoms with Gasteiger partial charge in [0, 0.05) is 42.8 Å². The van der Waals surface area contributed by atoms with Crippen molar-refractivity contribution in [3.05, 3.63) is 40.6 Å². The first-order chi connectivity index (χ1) is 11.2. The number of rotatable bonds is 4. The molecule has 0 atom stereocenters. The van der Waals surface area contributed by atoms with Crippen LogP contribution in [0, 0.1) is 6.92 Å². The minimum absolute atomic E-state index is 0.527. The largest absolute Gasteiger partial charge is 0.424 e. The van der Waals surface area contributed by atoms with E-state index in [-0.39, 0.29) is 0 Å². The summed E-state index contributed by atoms with van der Waals surface area (Å²) in [6, 6.07) is 6.10. The van der Waals surface area contributed by atoms with Gasteiger partial charge in [-0.15, -0.1) is 10.2 Å². The third-order valence-electron chi connectivity index (χ3n) is 4.65. The molecular formula is C17H21ClN4O. The van der Waals surface area contributed by atoms with Gasteiger partial charge in [-0.1, -0.05) is 17.7 Å². The van der Waals surface area contributed by atoms with Crippen molar-refractivity contribution in [3.63, 3.8) is 0 Å². The Labute approximate surface area is 141 Å². The van der Waals surface area contributed by atoms with Crippen LogP contribution < -0.4 is 4.90 Å². The Morgan fingerprint density at radius 1 is 1.17 bits per heavy atom. The minimum Gasteiger partial charge on any atom is -0.424 e. The lowest BCUT2D eigenvalue weighted by atomic mass is 10.1. The fraction of sp³-hybridized carbons (Fsp3) is 0.529. The molecule has 0 spiro atoms. The van der Waals surface area contributed by atoms with Crippen LogP contribution in [0.25, 0.3) is 0 Å². The molecule has 6 heteroatoms. The maximum atomic E-state index is 6.14. The average molecular weight is 333 g/mol. The first-order valence-corrected chi connectivity index (χ1v) is 8.62. The lowest BCUT2D eigenvalue weighted by Gasteiger charge is -2.36. The van der Waals surface area contributed by atoms with Crippen LogP contribution in [0.5, 0.6) is 0 Å². The summed E-state index contributed by atoms with van der Waals surface area (Å²) < 4.78 is 5.76. The minimum atomic E-state index is 0.527. The van der Waals surface area contributed by atoms with Gasteiger partial charge in [-0.2, -0.15) is 0 Å². The fourth-order valence-electron chi connectivity index (χ4n) is 3.09. The Morgan fingerprint density at radius 2 is 1.96 bits per heavy atom. The summed E-state index contributed by atoms with van der Waals surface area (Å²) in [5.74, 6) is 2.10. The van der Waals surface area contributed by atoms with Crippen LogP contribution in [-0.4, -0.2) is 41.3 Å². The smallest absolute Gasteiger partial charge is 0.230 e. The predicted molar refractivity (Wildman–Crippen MR) is 90.0 cm³/mol. The Kier molecular flexibility index (Phi) is 3.99. The number of piperazine rings is 1. The molecule has 0 unspecified atom stereocenters. The van der Waals surface area contributed by atoms with Crippen LogP contribution in [0.15, 0.2) is 22.6 Å². The molecule has 1 aromatic carbocycles. The van der Waals surface area contributed by atoms with Gasteiger partial charge < -0.3 is 9.32 Å². The Morgan fingerprint density at radius 3 is 2.70 bits per heavy atom.